The number of amides is 2. The fourth-order valence-electron chi connectivity index (χ4n) is 3.93. The number of para-hydroxylation sites is 1. The fraction of sp³-hybridized carbons (Fsp3) is 0.308. The molecule has 1 N–H and O–H groups in total. The Morgan fingerprint density at radius 3 is 2.38 bits per heavy atom. The Morgan fingerprint density at radius 2 is 1.72 bits per heavy atom. The van der Waals surface area contributed by atoms with Crippen LogP contribution in [0.15, 0.2) is 59.7 Å². The summed E-state index contributed by atoms with van der Waals surface area (Å²) in [5.41, 5.74) is 7.93. The van der Waals surface area contributed by atoms with Gasteiger partial charge in [-0.05, 0) is 23.6 Å². The Morgan fingerprint density at radius 1 is 1.03 bits per heavy atom. The highest BCUT2D eigenvalue weighted by molar-refractivity contribution is 6.07. The van der Waals surface area contributed by atoms with Gasteiger partial charge in [0.05, 0.1) is 16.8 Å². The maximum atomic E-state index is 13.1. The summed E-state index contributed by atoms with van der Waals surface area (Å²) >= 11 is 0. The Balaban J connectivity index is 1.61. The van der Waals surface area contributed by atoms with E-state index < -0.39 is 0 Å². The van der Waals surface area contributed by atoms with Gasteiger partial charge in [0.2, 0.25) is 5.91 Å². The first-order valence-electron chi connectivity index (χ1n) is 11.0. The topological polar surface area (TPSA) is 74.7 Å². The predicted molar refractivity (Wildman–Crippen MR) is 128 cm³/mol. The maximum Gasteiger partial charge on any atom is 0.272 e. The number of benzene rings is 2. The van der Waals surface area contributed by atoms with Crippen LogP contribution >= 0.6 is 0 Å². The third-order valence-corrected chi connectivity index (χ3v) is 5.94. The molecule has 1 saturated heterocycles. The molecule has 4 rings (SSSR count). The van der Waals surface area contributed by atoms with E-state index in [1.807, 2.05) is 30.3 Å². The smallest absolute Gasteiger partial charge is 0.272 e. The van der Waals surface area contributed by atoms with Gasteiger partial charge in [-0.3, -0.25) is 9.59 Å². The van der Waals surface area contributed by atoms with E-state index in [1.165, 1.54) is 5.56 Å². The second kappa shape index (κ2) is 9.30. The fourth-order valence-corrected chi connectivity index (χ4v) is 3.93. The first-order valence-corrected chi connectivity index (χ1v) is 11.0. The first-order chi connectivity index (χ1) is 15.4. The van der Waals surface area contributed by atoms with Crippen LogP contribution in [0.2, 0.25) is 0 Å². The van der Waals surface area contributed by atoms with Gasteiger partial charge < -0.3 is 4.90 Å². The van der Waals surface area contributed by atoms with Gasteiger partial charge in [0.25, 0.3) is 5.91 Å². The molecule has 1 aromatic heterocycles. The highest BCUT2D eigenvalue weighted by Gasteiger charge is 2.18. The standard InChI is InChI=1S/C26H28N4O2/c1-17(2)19-8-10-20(11-9-19)25-16-23(22-6-4-5-7-24(22)27-25)26(32)29-28-21-12-14-30(15-13-21)18(3)31/h4-11,16-17H,12-15H2,1-3H3,(H,29,32). The van der Waals surface area contributed by atoms with Crippen LogP contribution in [0.5, 0.6) is 0 Å². The number of piperidine rings is 1. The number of rotatable bonds is 4. The molecule has 0 aliphatic carbocycles. The van der Waals surface area contributed by atoms with Gasteiger partial charge in [-0.15, -0.1) is 0 Å². The monoisotopic (exact) mass is 428 g/mol. The van der Waals surface area contributed by atoms with Crippen LogP contribution < -0.4 is 5.43 Å². The average Bonchev–Trinajstić information content (AvgIpc) is 2.82. The van der Waals surface area contributed by atoms with Crippen LogP contribution in [0, 0.1) is 0 Å². The van der Waals surface area contributed by atoms with E-state index in [4.69, 9.17) is 4.98 Å². The summed E-state index contributed by atoms with van der Waals surface area (Å²) in [5.74, 6) is 0.270. The van der Waals surface area contributed by atoms with Crippen molar-refractivity contribution in [3.05, 3.63) is 65.7 Å². The molecule has 0 saturated carbocycles. The van der Waals surface area contributed by atoms with Gasteiger partial charge in [0.15, 0.2) is 0 Å². The Hall–Kier alpha value is -3.54. The van der Waals surface area contributed by atoms with Crippen molar-refractivity contribution in [3.8, 4) is 11.3 Å². The van der Waals surface area contributed by atoms with Crippen LogP contribution in [0.4, 0.5) is 0 Å². The minimum atomic E-state index is -0.259. The van der Waals surface area contributed by atoms with E-state index in [0.29, 0.717) is 37.4 Å². The zero-order valence-electron chi connectivity index (χ0n) is 18.8. The van der Waals surface area contributed by atoms with Gasteiger partial charge in [-0.2, -0.15) is 5.10 Å². The Bertz CT molecular complexity index is 1170. The van der Waals surface area contributed by atoms with E-state index in [1.54, 1.807) is 11.8 Å². The van der Waals surface area contributed by atoms with Crippen molar-refractivity contribution >= 4 is 28.4 Å². The molecule has 0 unspecified atom stereocenters. The normalized spacial score (nSPS) is 14.0. The lowest BCUT2D eigenvalue weighted by Gasteiger charge is -2.26. The van der Waals surface area contributed by atoms with Crippen LogP contribution in [0.3, 0.4) is 0 Å². The number of hydrazone groups is 1. The lowest BCUT2D eigenvalue weighted by molar-refractivity contribution is -0.128. The van der Waals surface area contributed by atoms with Crippen molar-refractivity contribution in [1.29, 1.82) is 0 Å². The minimum Gasteiger partial charge on any atom is -0.342 e. The number of nitrogens with zero attached hydrogens (tertiary/aromatic N) is 3. The number of nitrogens with one attached hydrogen (secondary N) is 1. The van der Waals surface area contributed by atoms with Gasteiger partial charge in [-0.1, -0.05) is 56.3 Å². The van der Waals surface area contributed by atoms with Crippen molar-refractivity contribution in [1.82, 2.24) is 15.3 Å². The average molecular weight is 429 g/mol. The zero-order valence-corrected chi connectivity index (χ0v) is 18.8. The van der Waals surface area contributed by atoms with Crippen molar-refractivity contribution < 1.29 is 9.59 Å². The van der Waals surface area contributed by atoms with Gasteiger partial charge in [0.1, 0.15) is 0 Å². The van der Waals surface area contributed by atoms with Crippen molar-refractivity contribution in [3.63, 3.8) is 0 Å². The molecule has 6 heteroatoms. The molecule has 1 fully saturated rings. The number of carbonyl (C=O) groups is 2. The number of hydrogen-bond acceptors (Lipinski definition) is 4. The molecule has 0 radical (unpaired) electrons. The van der Waals surface area contributed by atoms with Crippen LogP contribution in [0.1, 0.15) is 55.5 Å². The quantitative estimate of drug-likeness (QED) is 0.609. The van der Waals surface area contributed by atoms with Gasteiger partial charge >= 0.3 is 0 Å². The number of carbonyl (C=O) groups excluding carboxylic acids is 2. The molecule has 32 heavy (non-hydrogen) atoms. The molecule has 0 bridgehead atoms. The van der Waals surface area contributed by atoms with Crippen molar-refractivity contribution in [2.24, 2.45) is 5.10 Å². The maximum absolute atomic E-state index is 13.1. The Kier molecular flexibility index (Phi) is 6.30. The number of likely N-dealkylation sites (tertiary alicyclic amines) is 1. The predicted octanol–water partition coefficient (Wildman–Crippen LogP) is 4.75. The summed E-state index contributed by atoms with van der Waals surface area (Å²) in [6.45, 7) is 7.18. The summed E-state index contributed by atoms with van der Waals surface area (Å²) < 4.78 is 0. The number of fused-ring (bicyclic) bond motifs is 1. The van der Waals surface area contributed by atoms with E-state index in [-0.39, 0.29) is 11.8 Å². The second-order valence-electron chi connectivity index (χ2n) is 8.47. The molecular weight excluding hydrogens is 400 g/mol. The zero-order chi connectivity index (χ0) is 22.7. The third-order valence-electron chi connectivity index (χ3n) is 5.94. The molecule has 0 atom stereocenters. The van der Waals surface area contributed by atoms with E-state index in [9.17, 15) is 9.59 Å². The highest BCUT2D eigenvalue weighted by Crippen LogP contribution is 2.26. The number of hydrogen-bond donors (Lipinski definition) is 1. The Labute approximate surface area is 188 Å². The minimum absolute atomic E-state index is 0.0743. The molecule has 3 aromatic rings. The third kappa shape index (κ3) is 4.69. The molecule has 1 aliphatic rings. The summed E-state index contributed by atoms with van der Waals surface area (Å²) in [5, 5.41) is 5.14. The molecule has 164 valence electrons. The molecule has 2 heterocycles. The number of pyridine rings is 1. The molecule has 2 aromatic carbocycles. The lowest BCUT2D eigenvalue weighted by Crippen LogP contribution is -2.37. The van der Waals surface area contributed by atoms with E-state index in [0.717, 1.165) is 27.9 Å². The van der Waals surface area contributed by atoms with Gasteiger partial charge in [-0.25, -0.2) is 10.4 Å². The van der Waals surface area contributed by atoms with Crippen LogP contribution in [0.25, 0.3) is 22.2 Å². The van der Waals surface area contributed by atoms with Crippen molar-refractivity contribution in [2.75, 3.05) is 13.1 Å². The van der Waals surface area contributed by atoms with Gasteiger partial charge in [0, 0.05) is 49.5 Å². The summed E-state index contributed by atoms with van der Waals surface area (Å²) in [6, 6.07) is 17.8. The summed E-state index contributed by atoms with van der Waals surface area (Å²) in [4.78, 5) is 31.2. The summed E-state index contributed by atoms with van der Waals surface area (Å²) in [7, 11) is 0. The van der Waals surface area contributed by atoms with E-state index >= 15 is 0 Å². The molecule has 2 amide bonds. The van der Waals surface area contributed by atoms with Crippen LogP contribution in [-0.2, 0) is 4.79 Å². The van der Waals surface area contributed by atoms with Crippen molar-refractivity contribution in [2.45, 2.75) is 39.5 Å². The largest absolute Gasteiger partial charge is 0.342 e. The molecular formula is C26H28N4O2. The molecule has 0 spiro atoms. The highest BCUT2D eigenvalue weighted by atomic mass is 16.2. The van der Waals surface area contributed by atoms with Crippen LogP contribution in [-0.4, -0.2) is 40.5 Å². The van der Waals surface area contributed by atoms with E-state index in [2.05, 4.69) is 48.6 Å². The summed E-state index contributed by atoms with van der Waals surface area (Å²) in [6.07, 6.45) is 1.34. The molecule has 1 aliphatic heterocycles. The lowest BCUT2D eigenvalue weighted by atomic mass is 9.99. The first kappa shape index (κ1) is 21.7. The number of aromatic nitrogens is 1. The SMILES string of the molecule is CC(=O)N1CCC(=NNC(=O)c2cc(-c3ccc(C(C)C)cc3)nc3ccccc23)CC1. The second-order valence-corrected chi connectivity index (χ2v) is 8.47. The molecule has 6 nitrogen and oxygen atoms in total.